The number of aromatic nitrogens is 4. The molecule has 1 aliphatic rings. The van der Waals surface area contributed by atoms with Crippen molar-refractivity contribution in [2.75, 3.05) is 37.6 Å². The summed E-state index contributed by atoms with van der Waals surface area (Å²) < 4.78 is 1.86. The number of nitrogens with zero attached hydrogens (tertiary/aromatic N) is 6. The predicted molar refractivity (Wildman–Crippen MR) is 109 cm³/mol. The third-order valence-corrected chi connectivity index (χ3v) is 5.26. The number of hydrogen-bond acceptors (Lipinski definition) is 5. The van der Waals surface area contributed by atoms with E-state index in [1.54, 1.807) is 0 Å². The van der Waals surface area contributed by atoms with E-state index in [2.05, 4.69) is 26.8 Å². The van der Waals surface area contributed by atoms with E-state index in [1.807, 2.05) is 54.3 Å². The molecule has 3 heterocycles. The minimum absolute atomic E-state index is 0.714. The van der Waals surface area contributed by atoms with E-state index in [0.717, 1.165) is 61.3 Å². The van der Waals surface area contributed by atoms with E-state index in [1.165, 1.54) is 0 Å². The Balaban J connectivity index is 1.60. The number of piperazine rings is 1. The molecular formula is C20H23ClN6. The zero-order valence-electron chi connectivity index (χ0n) is 15.6. The van der Waals surface area contributed by atoms with Crippen molar-refractivity contribution in [2.45, 2.75) is 13.8 Å². The van der Waals surface area contributed by atoms with Gasteiger partial charge in [-0.25, -0.2) is 14.6 Å². The van der Waals surface area contributed by atoms with Gasteiger partial charge in [0.05, 0.1) is 17.1 Å². The molecule has 0 aliphatic carbocycles. The maximum absolute atomic E-state index is 5.99. The smallest absolute Gasteiger partial charge is 0.225 e. The van der Waals surface area contributed by atoms with Crippen molar-refractivity contribution >= 4 is 17.5 Å². The Morgan fingerprint density at radius 2 is 1.78 bits per heavy atom. The van der Waals surface area contributed by atoms with Crippen LogP contribution >= 0.6 is 11.6 Å². The molecule has 4 rings (SSSR count). The van der Waals surface area contributed by atoms with Crippen molar-refractivity contribution in [3.05, 3.63) is 53.4 Å². The zero-order chi connectivity index (χ0) is 18.8. The van der Waals surface area contributed by atoms with Gasteiger partial charge in [-0.2, -0.15) is 5.10 Å². The fourth-order valence-corrected chi connectivity index (χ4v) is 3.48. The second-order valence-corrected chi connectivity index (χ2v) is 7.15. The zero-order valence-corrected chi connectivity index (χ0v) is 16.4. The largest absolute Gasteiger partial charge is 0.338 e. The first-order valence-electron chi connectivity index (χ1n) is 9.27. The van der Waals surface area contributed by atoms with Crippen LogP contribution in [0.4, 0.5) is 5.95 Å². The van der Waals surface area contributed by atoms with E-state index in [9.17, 15) is 0 Å². The molecule has 1 fully saturated rings. The van der Waals surface area contributed by atoms with Crippen molar-refractivity contribution in [3.63, 3.8) is 0 Å². The van der Waals surface area contributed by atoms with Gasteiger partial charge >= 0.3 is 0 Å². The normalized spacial score (nSPS) is 15.3. The Morgan fingerprint density at radius 1 is 1.04 bits per heavy atom. The van der Waals surface area contributed by atoms with Crippen LogP contribution in [0.5, 0.6) is 0 Å². The molecular weight excluding hydrogens is 360 g/mol. The van der Waals surface area contributed by atoms with Crippen LogP contribution in [0.2, 0.25) is 5.02 Å². The van der Waals surface area contributed by atoms with Gasteiger partial charge in [-0.1, -0.05) is 18.5 Å². The van der Waals surface area contributed by atoms with Gasteiger partial charge < -0.3 is 9.80 Å². The molecule has 1 saturated heterocycles. The molecule has 1 aromatic carbocycles. The lowest BCUT2D eigenvalue weighted by molar-refractivity contribution is 0.270. The Hall–Kier alpha value is -2.44. The molecule has 7 heteroatoms. The second-order valence-electron chi connectivity index (χ2n) is 6.71. The standard InChI is InChI=1S/C20H23ClN6/c1-3-25-10-12-26(13-11-25)20-22-9-8-19(23-20)18-14-27(24-15(18)2)17-6-4-16(21)5-7-17/h4-9,14H,3,10-13H2,1-2H3. The molecule has 0 unspecified atom stereocenters. The van der Waals surface area contributed by atoms with Gasteiger partial charge in [0.15, 0.2) is 0 Å². The highest BCUT2D eigenvalue weighted by Gasteiger charge is 2.19. The first-order chi connectivity index (χ1) is 13.1. The van der Waals surface area contributed by atoms with Crippen LogP contribution in [0.15, 0.2) is 42.7 Å². The molecule has 6 nitrogen and oxygen atoms in total. The molecule has 1 aliphatic heterocycles. The van der Waals surface area contributed by atoms with Crippen LogP contribution in [-0.2, 0) is 0 Å². The Morgan fingerprint density at radius 3 is 2.48 bits per heavy atom. The van der Waals surface area contributed by atoms with Gasteiger partial charge in [-0.3, -0.25) is 0 Å². The summed E-state index contributed by atoms with van der Waals surface area (Å²) in [6.07, 6.45) is 3.85. The predicted octanol–water partition coefficient (Wildman–Crippen LogP) is 3.43. The third kappa shape index (κ3) is 3.82. The minimum Gasteiger partial charge on any atom is -0.338 e. The fraction of sp³-hybridized carbons (Fsp3) is 0.350. The third-order valence-electron chi connectivity index (χ3n) is 5.01. The molecule has 0 atom stereocenters. The highest BCUT2D eigenvalue weighted by molar-refractivity contribution is 6.30. The van der Waals surface area contributed by atoms with Gasteiger partial charge in [-0.15, -0.1) is 0 Å². The number of aryl methyl sites for hydroxylation is 1. The molecule has 140 valence electrons. The molecule has 0 bridgehead atoms. The lowest BCUT2D eigenvalue weighted by Gasteiger charge is -2.34. The molecule has 2 aromatic heterocycles. The van der Waals surface area contributed by atoms with E-state index >= 15 is 0 Å². The summed E-state index contributed by atoms with van der Waals surface area (Å²) in [5, 5.41) is 5.36. The Labute approximate surface area is 164 Å². The lowest BCUT2D eigenvalue weighted by Crippen LogP contribution is -2.46. The average molecular weight is 383 g/mol. The highest BCUT2D eigenvalue weighted by Crippen LogP contribution is 2.24. The summed E-state index contributed by atoms with van der Waals surface area (Å²) in [6, 6.07) is 9.59. The van der Waals surface area contributed by atoms with Gasteiger partial charge in [0.1, 0.15) is 0 Å². The Bertz CT molecular complexity index is 912. The molecule has 27 heavy (non-hydrogen) atoms. The van der Waals surface area contributed by atoms with Gasteiger partial charge in [0, 0.05) is 49.2 Å². The van der Waals surface area contributed by atoms with Crippen LogP contribution in [0.25, 0.3) is 16.9 Å². The van der Waals surface area contributed by atoms with Crippen molar-refractivity contribution in [3.8, 4) is 16.9 Å². The van der Waals surface area contributed by atoms with E-state index < -0.39 is 0 Å². The van der Waals surface area contributed by atoms with E-state index in [-0.39, 0.29) is 0 Å². The van der Waals surface area contributed by atoms with Crippen LogP contribution in [0.1, 0.15) is 12.6 Å². The van der Waals surface area contributed by atoms with Crippen LogP contribution < -0.4 is 4.90 Å². The summed E-state index contributed by atoms with van der Waals surface area (Å²) in [6.45, 7) is 9.32. The number of halogens is 1. The molecule has 0 N–H and O–H groups in total. The van der Waals surface area contributed by atoms with Crippen LogP contribution in [0.3, 0.4) is 0 Å². The Kier molecular flexibility index (Phi) is 5.09. The van der Waals surface area contributed by atoms with Crippen molar-refractivity contribution in [1.82, 2.24) is 24.6 Å². The second kappa shape index (κ2) is 7.66. The number of anilines is 1. The number of benzene rings is 1. The fourth-order valence-electron chi connectivity index (χ4n) is 3.35. The summed E-state index contributed by atoms with van der Waals surface area (Å²) in [7, 11) is 0. The topological polar surface area (TPSA) is 50.1 Å². The maximum Gasteiger partial charge on any atom is 0.225 e. The monoisotopic (exact) mass is 382 g/mol. The van der Waals surface area contributed by atoms with Gasteiger partial charge in [0.25, 0.3) is 0 Å². The van der Waals surface area contributed by atoms with Crippen molar-refractivity contribution in [2.24, 2.45) is 0 Å². The molecule has 3 aromatic rings. The average Bonchev–Trinajstić information content (AvgIpc) is 3.10. The van der Waals surface area contributed by atoms with Crippen molar-refractivity contribution in [1.29, 1.82) is 0 Å². The summed E-state index contributed by atoms with van der Waals surface area (Å²) in [5.41, 5.74) is 3.82. The first-order valence-corrected chi connectivity index (χ1v) is 9.65. The van der Waals surface area contributed by atoms with Gasteiger partial charge in [0.2, 0.25) is 5.95 Å². The molecule has 0 spiro atoms. The van der Waals surface area contributed by atoms with Crippen LogP contribution in [0, 0.1) is 6.92 Å². The number of rotatable bonds is 4. The number of likely N-dealkylation sites (N-methyl/N-ethyl adjacent to an activating group) is 1. The molecule has 0 amide bonds. The SMILES string of the molecule is CCN1CCN(c2nccc(-c3cn(-c4ccc(Cl)cc4)nc3C)n2)CC1. The summed E-state index contributed by atoms with van der Waals surface area (Å²) in [5.74, 6) is 0.793. The van der Waals surface area contributed by atoms with Crippen molar-refractivity contribution < 1.29 is 0 Å². The molecule has 0 radical (unpaired) electrons. The maximum atomic E-state index is 5.99. The molecule has 0 saturated carbocycles. The quantitative estimate of drug-likeness (QED) is 0.691. The van der Waals surface area contributed by atoms with E-state index in [0.29, 0.717) is 5.02 Å². The van der Waals surface area contributed by atoms with E-state index in [4.69, 9.17) is 16.6 Å². The lowest BCUT2D eigenvalue weighted by atomic mass is 10.2. The summed E-state index contributed by atoms with van der Waals surface area (Å²) in [4.78, 5) is 14.0. The van der Waals surface area contributed by atoms with Crippen LogP contribution in [-0.4, -0.2) is 57.4 Å². The van der Waals surface area contributed by atoms with Gasteiger partial charge in [-0.05, 0) is 43.8 Å². The highest BCUT2D eigenvalue weighted by atomic mass is 35.5. The summed E-state index contributed by atoms with van der Waals surface area (Å²) >= 11 is 5.99. The number of hydrogen-bond donors (Lipinski definition) is 0. The first kappa shape index (κ1) is 17.9. The minimum atomic E-state index is 0.714.